The fourth-order valence-corrected chi connectivity index (χ4v) is 2.11. The van der Waals surface area contributed by atoms with Crippen LogP contribution in [0, 0.1) is 0 Å². The third-order valence-corrected chi connectivity index (χ3v) is 3.85. The van der Waals surface area contributed by atoms with Gasteiger partial charge >= 0.3 is 5.97 Å². The van der Waals surface area contributed by atoms with Crippen molar-refractivity contribution in [3.05, 3.63) is 0 Å². The third kappa shape index (κ3) is 5.76. The number of rotatable bonds is 9. The molecule has 0 aromatic rings. The Bertz CT molecular complexity index is 336. The molecule has 0 heterocycles. The molecule has 7 nitrogen and oxygen atoms in total. The molecule has 0 aromatic carbocycles. The zero-order valence-corrected chi connectivity index (χ0v) is 12.0. The van der Waals surface area contributed by atoms with Crippen molar-refractivity contribution in [1.82, 2.24) is 4.72 Å². The van der Waals surface area contributed by atoms with Gasteiger partial charge in [-0.3, -0.25) is 4.79 Å². The SMILES string of the molecule is CCOC(CNS(=O)(=O)C(C)C(=O)OC)OCC. The number of methoxy groups -OCH3 is 1. The summed E-state index contributed by atoms with van der Waals surface area (Å²) in [5.41, 5.74) is 0. The smallest absolute Gasteiger partial charge is 0.325 e. The van der Waals surface area contributed by atoms with Gasteiger partial charge in [-0.25, -0.2) is 13.1 Å². The second-order valence-electron chi connectivity index (χ2n) is 3.40. The summed E-state index contributed by atoms with van der Waals surface area (Å²) >= 11 is 0. The van der Waals surface area contributed by atoms with Gasteiger partial charge in [0.05, 0.1) is 13.7 Å². The summed E-state index contributed by atoms with van der Waals surface area (Å²) in [6.45, 7) is 5.56. The lowest BCUT2D eigenvalue weighted by Crippen LogP contribution is -2.42. The number of nitrogens with one attached hydrogen (secondary N) is 1. The zero-order chi connectivity index (χ0) is 14.2. The van der Waals surface area contributed by atoms with E-state index in [1.54, 1.807) is 13.8 Å². The van der Waals surface area contributed by atoms with Crippen molar-refractivity contribution in [2.45, 2.75) is 32.3 Å². The summed E-state index contributed by atoms with van der Waals surface area (Å²) in [5.74, 6) is -0.813. The molecule has 0 bridgehead atoms. The first-order chi connectivity index (χ1) is 8.38. The molecule has 0 aromatic heterocycles. The molecule has 0 rings (SSSR count). The predicted molar refractivity (Wildman–Crippen MR) is 65.4 cm³/mol. The van der Waals surface area contributed by atoms with E-state index >= 15 is 0 Å². The molecule has 1 atom stereocenters. The van der Waals surface area contributed by atoms with Gasteiger partial charge in [0.2, 0.25) is 10.0 Å². The number of sulfonamides is 1. The number of carbonyl (C=O) groups excluding carboxylic acids is 1. The van der Waals surface area contributed by atoms with E-state index in [1.807, 2.05) is 0 Å². The fraction of sp³-hybridized carbons (Fsp3) is 0.900. The van der Waals surface area contributed by atoms with Crippen molar-refractivity contribution < 1.29 is 27.4 Å². The zero-order valence-electron chi connectivity index (χ0n) is 11.1. The second-order valence-corrected chi connectivity index (χ2v) is 5.48. The number of carbonyl (C=O) groups is 1. The summed E-state index contributed by atoms with van der Waals surface area (Å²) in [4.78, 5) is 11.2. The maximum absolute atomic E-state index is 11.7. The fourth-order valence-electron chi connectivity index (χ4n) is 1.14. The predicted octanol–water partition coefficient (Wildman–Crippen LogP) is -0.134. The number of hydrogen-bond acceptors (Lipinski definition) is 6. The van der Waals surface area contributed by atoms with Gasteiger partial charge in [-0.2, -0.15) is 0 Å². The lowest BCUT2D eigenvalue weighted by atomic mass is 10.5. The van der Waals surface area contributed by atoms with Gasteiger partial charge in [0.25, 0.3) is 0 Å². The summed E-state index contributed by atoms with van der Waals surface area (Å²) in [6.07, 6.45) is -0.667. The molecule has 1 unspecified atom stereocenters. The van der Waals surface area contributed by atoms with Crippen LogP contribution < -0.4 is 4.72 Å². The molecule has 0 fully saturated rings. The highest BCUT2D eigenvalue weighted by Crippen LogP contribution is 2.02. The molecule has 8 heteroatoms. The molecule has 108 valence electrons. The van der Waals surface area contributed by atoms with Crippen LogP contribution in [-0.4, -0.2) is 52.8 Å². The van der Waals surface area contributed by atoms with Crippen molar-refractivity contribution >= 4 is 16.0 Å². The van der Waals surface area contributed by atoms with Crippen molar-refractivity contribution in [2.24, 2.45) is 0 Å². The van der Waals surface area contributed by atoms with E-state index in [9.17, 15) is 13.2 Å². The van der Waals surface area contributed by atoms with E-state index in [2.05, 4.69) is 9.46 Å². The number of hydrogen-bond donors (Lipinski definition) is 1. The van der Waals surface area contributed by atoms with Crippen molar-refractivity contribution in [3.8, 4) is 0 Å². The molecule has 0 aliphatic carbocycles. The maximum atomic E-state index is 11.7. The Balaban J connectivity index is 4.44. The van der Waals surface area contributed by atoms with Crippen molar-refractivity contribution in [2.75, 3.05) is 26.9 Å². The molecule has 18 heavy (non-hydrogen) atoms. The molecule has 0 aliphatic rings. The highest BCUT2D eigenvalue weighted by molar-refractivity contribution is 7.90. The molecule has 0 saturated carbocycles. The average Bonchev–Trinajstić information content (AvgIpc) is 2.34. The topological polar surface area (TPSA) is 90.9 Å². The Morgan fingerprint density at radius 1 is 1.22 bits per heavy atom. The Kier molecular flexibility index (Phi) is 8.08. The lowest BCUT2D eigenvalue weighted by molar-refractivity contribution is -0.140. The first-order valence-electron chi connectivity index (χ1n) is 5.68. The van der Waals surface area contributed by atoms with Crippen LogP contribution in [0.15, 0.2) is 0 Å². The van der Waals surface area contributed by atoms with Crippen LogP contribution in [0.3, 0.4) is 0 Å². The standard InChI is InChI=1S/C10H21NO6S/c1-5-16-9(17-6-2)7-11-18(13,14)8(3)10(12)15-4/h8-9,11H,5-7H2,1-4H3. The Labute approximate surface area is 108 Å². The molecular weight excluding hydrogens is 262 g/mol. The summed E-state index contributed by atoms with van der Waals surface area (Å²) in [7, 11) is -2.65. The molecule has 0 radical (unpaired) electrons. The normalized spacial score (nSPS) is 13.6. The Morgan fingerprint density at radius 3 is 2.11 bits per heavy atom. The van der Waals surface area contributed by atoms with Crippen LogP contribution in [0.5, 0.6) is 0 Å². The molecule has 0 saturated heterocycles. The minimum atomic E-state index is -3.79. The van der Waals surface area contributed by atoms with E-state index in [1.165, 1.54) is 6.92 Å². The van der Waals surface area contributed by atoms with Gasteiger partial charge in [0.1, 0.15) is 0 Å². The number of esters is 1. The highest BCUT2D eigenvalue weighted by atomic mass is 32.2. The van der Waals surface area contributed by atoms with Gasteiger partial charge in [-0.1, -0.05) is 0 Å². The van der Waals surface area contributed by atoms with Crippen molar-refractivity contribution in [3.63, 3.8) is 0 Å². The van der Waals surface area contributed by atoms with Gasteiger partial charge in [0.15, 0.2) is 11.5 Å². The van der Waals surface area contributed by atoms with Crippen LogP contribution in [-0.2, 0) is 29.0 Å². The Morgan fingerprint density at radius 2 is 1.72 bits per heavy atom. The van der Waals surface area contributed by atoms with Gasteiger partial charge in [0, 0.05) is 13.2 Å². The molecule has 0 spiro atoms. The van der Waals surface area contributed by atoms with E-state index in [4.69, 9.17) is 9.47 Å². The van der Waals surface area contributed by atoms with Crippen LogP contribution in [0.4, 0.5) is 0 Å². The first kappa shape index (κ1) is 17.3. The van der Waals surface area contributed by atoms with Crippen LogP contribution >= 0.6 is 0 Å². The largest absolute Gasteiger partial charge is 0.468 e. The Hall–Kier alpha value is -0.700. The van der Waals surface area contributed by atoms with Gasteiger partial charge in [-0.15, -0.1) is 0 Å². The lowest BCUT2D eigenvalue weighted by Gasteiger charge is -2.18. The van der Waals surface area contributed by atoms with Crippen molar-refractivity contribution in [1.29, 1.82) is 0 Å². The molecule has 1 N–H and O–H groups in total. The number of ether oxygens (including phenoxy) is 3. The highest BCUT2D eigenvalue weighted by Gasteiger charge is 2.29. The van der Waals surface area contributed by atoms with Crippen LogP contribution in [0.2, 0.25) is 0 Å². The van der Waals surface area contributed by atoms with E-state index in [0.717, 1.165) is 7.11 Å². The van der Waals surface area contributed by atoms with Gasteiger partial charge < -0.3 is 14.2 Å². The molecular formula is C10H21NO6S. The van der Waals surface area contributed by atoms with Crippen LogP contribution in [0.25, 0.3) is 0 Å². The minimum absolute atomic E-state index is 0.0503. The summed E-state index contributed by atoms with van der Waals surface area (Å²) in [6, 6.07) is 0. The second kappa shape index (κ2) is 8.41. The third-order valence-electron chi connectivity index (χ3n) is 2.15. The quantitative estimate of drug-likeness (QED) is 0.468. The van der Waals surface area contributed by atoms with E-state index in [-0.39, 0.29) is 6.54 Å². The summed E-state index contributed by atoms with van der Waals surface area (Å²) < 4.78 is 40.4. The maximum Gasteiger partial charge on any atom is 0.325 e. The minimum Gasteiger partial charge on any atom is -0.468 e. The van der Waals surface area contributed by atoms with Gasteiger partial charge in [-0.05, 0) is 20.8 Å². The molecule has 0 amide bonds. The summed E-state index contributed by atoms with van der Waals surface area (Å²) in [5, 5.41) is -1.27. The van der Waals surface area contributed by atoms with Crippen LogP contribution in [0.1, 0.15) is 20.8 Å². The average molecular weight is 283 g/mol. The monoisotopic (exact) mass is 283 g/mol. The van der Waals surface area contributed by atoms with E-state index < -0.39 is 27.5 Å². The van der Waals surface area contributed by atoms with E-state index in [0.29, 0.717) is 13.2 Å². The first-order valence-corrected chi connectivity index (χ1v) is 7.23. The molecule has 0 aliphatic heterocycles.